The van der Waals surface area contributed by atoms with E-state index in [1.807, 2.05) is 23.0 Å². The summed E-state index contributed by atoms with van der Waals surface area (Å²) in [5, 5.41) is 3.35. The number of carbonyl (C=O) groups is 1. The molecule has 6 heteroatoms. The SMILES string of the molecule is CCn1c(=O)n(CC)c2cc([C@H]3OCC[C@@]45C[C@@H](C[C@H]34)C(C)(C)[C@H]5NC(C)=O)ccc21. The van der Waals surface area contributed by atoms with Gasteiger partial charge >= 0.3 is 5.69 Å². The van der Waals surface area contributed by atoms with Gasteiger partial charge in [-0.25, -0.2) is 4.79 Å². The fourth-order valence-electron chi connectivity index (χ4n) is 7.45. The van der Waals surface area contributed by atoms with Gasteiger partial charge in [-0.2, -0.15) is 0 Å². The molecule has 6 nitrogen and oxygen atoms in total. The molecule has 1 aliphatic heterocycles. The van der Waals surface area contributed by atoms with Crippen LogP contribution >= 0.6 is 0 Å². The molecule has 31 heavy (non-hydrogen) atoms. The number of fused-ring (bicyclic) bond motifs is 2. The summed E-state index contributed by atoms with van der Waals surface area (Å²) in [4.78, 5) is 24.9. The first kappa shape index (κ1) is 20.8. The number of ether oxygens (including phenoxy) is 1. The van der Waals surface area contributed by atoms with Gasteiger partial charge in [-0.05, 0) is 73.5 Å². The highest BCUT2D eigenvalue weighted by Crippen LogP contribution is 2.70. The van der Waals surface area contributed by atoms with Gasteiger partial charge in [-0.3, -0.25) is 13.9 Å². The quantitative estimate of drug-likeness (QED) is 0.809. The van der Waals surface area contributed by atoms with Crippen LogP contribution in [-0.2, 0) is 22.6 Å². The number of aromatic nitrogens is 2. The molecule has 0 radical (unpaired) electrons. The van der Waals surface area contributed by atoms with Gasteiger partial charge in [0.1, 0.15) is 0 Å². The highest BCUT2D eigenvalue weighted by atomic mass is 16.5. The highest BCUT2D eigenvalue weighted by molar-refractivity contribution is 5.77. The van der Waals surface area contributed by atoms with E-state index < -0.39 is 0 Å². The van der Waals surface area contributed by atoms with E-state index in [9.17, 15) is 9.59 Å². The smallest absolute Gasteiger partial charge is 0.329 e. The normalized spacial score (nSPS) is 33.6. The summed E-state index contributed by atoms with van der Waals surface area (Å²) in [6, 6.07) is 6.61. The Labute approximate surface area is 183 Å². The van der Waals surface area contributed by atoms with Crippen LogP contribution in [-0.4, -0.2) is 27.7 Å². The van der Waals surface area contributed by atoms with Crippen molar-refractivity contribution in [3.8, 4) is 0 Å². The maximum atomic E-state index is 12.8. The van der Waals surface area contributed by atoms with Crippen LogP contribution in [0.25, 0.3) is 11.0 Å². The molecule has 1 spiro atoms. The van der Waals surface area contributed by atoms with Gasteiger partial charge < -0.3 is 10.1 Å². The van der Waals surface area contributed by atoms with Gasteiger partial charge in [0.25, 0.3) is 0 Å². The maximum Gasteiger partial charge on any atom is 0.329 e. The van der Waals surface area contributed by atoms with Crippen LogP contribution in [0.4, 0.5) is 0 Å². The van der Waals surface area contributed by atoms with Crippen molar-refractivity contribution in [3.05, 3.63) is 34.2 Å². The van der Waals surface area contributed by atoms with Crippen LogP contribution in [0.5, 0.6) is 0 Å². The summed E-state index contributed by atoms with van der Waals surface area (Å²) in [6.07, 6.45) is 3.33. The summed E-state index contributed by atoms with van der Waals surface area (Å²) in [6.45, 7) is 12.4. The Morgan fingerprint density at radius 1 is 1.19 bits per heavy atom. The standard InChI is InChI=1S/C25H35N3O3/c1-6-27-19-9-8-16(12-20(19)28(7-2)23(27)30)21-18-13-17-14-25(18,10-11-31-21)22(24(17,4)5)26-15(3)29/h8-9,12,17-18,21-22H,6-7,10-11,13-14H2,1-5H3,(H,26,29)/t17-,18-,21-,22-,25-/m1/s1. The lowest BCUT2D eigenvalue weighted by atomic mass is 9.59. The number of amides is 1. The van der Waals surface area contributed by atoms with E-state index in [-0.39, 0.29) is 34.6 Å². The van der Waals surface area contributed by atoms with Crippen molar-refractivity contribution in [3.63, 3.8) is 0 Å². The molecular formula is C25H35N3O3. The van der Waals surface area contributed by atoms with E-state index in [1.165, 1.54) is 12.0 Å². The molecule has 5 rings (SSSR count). The van der Waals surface area contributed by atoms with E-state index >= 15 is 0 Å². The van der Waals surface area contributed by atoms with Crippen molar-refractivity contribution in [2.75, 3.05) is 6.61 Å². The topological polar surface area (TPSA) is 65.3 Å². The number of rotatable bonds is 4. The zero-order valence-corrected chi connectivity index (χ0v) is 19.4. The minimum absolute atomic E-state index is 0.0147. The van der Waals surface area contributed by atoms with Crippen LogP contribution in [0.2, 0.25) is 0 Å². The predicted molar refractivity (Wildman–Crippen MR) is 121 cm³/mol. The first-order valence-corrected chi connectivity index (χ1v) is 11.9. The average molecular weight is 426 g/mol. The van der Waals surface area contributed by atoms with Gasteiger partial charge in [0.05, 0.1) is 17.1 Å². The zero-order chi connectivity index (χ0) is 22.1. The van der Waals surface area contributed by atoms with E-state index in [2.05, 4.69) is 37.4 Å². The summed E-state index contributed by atoms with van der Waals surface area (Å²) >= 11 is 0. The lowest BCUT2D eigenvalue weighted by Gasteiger charge is -2.53. The number of hydrogen-bond acceptors (Lipinski definition) is 3. The Balaban J connectivity index is 1.58. The summed E-state index contributed by atoms with van der Waals surface area (Å²) < 4.78 is 10.1. The Morgan fingerprint density at radius 3 is 2.58 bits per heavy atom. The van der Waals surface area contributed by atoms with Gasteiger partial charge in [-0.1, -0.05) is 19.9 Å². The number of nitrogens with zero attached hydrogens (tertiary/aromatic N) is 2. The Kier molecular flexibility index (Phi) is 4.67. The molecule has 1 amide bonds. The second kappa shape index (κ2) is 6.96. The van der Waals surface area contributed by atoms with Crippen LogP contribution in [0.15, 0.2) is 23.0 Å². The molecule has 2 saturated carbocycles. The number of hydrogen-bond donors (Lipinski definition) is 1. The summed E-state index contributed by atoms with van der Waals surface area (Å²) in [7, 11) is 0. The highest BCUT2D eigenvalue weighted by Gasteiger charge is 2.68. The minimum atomic E-state index is 0.0147. The Morgan fingerprint density at radius 2 is 1.90 bits per heavy atom. The third-order valence-corrected chi connectivity index (χ3v) is 8.86. The molecule has 2 bridgehead atoms. The molecular weight excluding hydrogens is 390 g/mol. The van der Waals surface area contributed by atoms with Crippen molar-refractivity contribution in [2.24, 2.45) is 22.7 Å². The third-order valence-electron chi connectivity index (χ3n) is 8.86. The molecule has 5 atom stereocenters. The van der Waals surface area contributed by atoms with E-state index in [0.29, 0.717) is 31.5 Å². The van der Waals surface area contributed by atoms with Crippen molar-refractivity contribution >= 4 is 16.9 Å². The van der Waals surface area contributed by atoms with Gasteiger partial charge in [0, 0.05) is 32.7 Å². The average Bonchev–Trinajstić information content (AvgIpc) is 3.32. The van der Waals surface area contributed by atoms with Crippen molar-refractivity contribution < 1.29 is 9.53 Å². The molecule has 168 valence electrons. The first-order chi connectivity index (χ1) is 14.7. The summed E-state index contributed by atoms with van der Waals surface area (Å²) in [5.41, 5.74) is 3.42. The molecule has 3 aliphatic rings. The van der Waals surface area contributed by atoms with Crippen molar-refractivity contribution in [1.29, 1.82) is 0 Å². The Hall–Kier alpha value is -2.08. The number of imidazole rings is 1. The molecule has 1 saturated heterocycles. The molecule has 2 heterocycles. The fourth-order valence-corrected chi connectivity index (χ4v) is 7.45. The van der Waals surface area contributed by atoms with E-state index in [1.54, 1.807) is 6.92 Å². The van der Waals surface area contributed by atoms with Crippen molar-refractivity contribution in [2.45, 2.75) is 79.1 Å². The number of aryl methyl sites for hydroxylation is 2. The molecule has 2 aliphatic carbocycles. The van der Waals surface area contributed by atoms with Gasteiger partial charge in [0.15, 0.2) is 0 Å². The van der Waals surface area contributed by atoms with Crippen LogP contribution in [0, 0.1) is 22.7 Å². The summed E-state index contributed by atoms with van der Waals surface area (Å²) in [5.74, 6) is 1.05. The second-order valence-electron chi connectivity index (χ2n) is 10.5. The monoisotopic (exact) mass is 425 g/mol. The van der Waals surface area contributed by atoms with E-state index in [0.717, 1.165) is 23.9 Å². The van der Waals surface area contributed by atoms with Crippen LogP contribution in [0.3, 0.4) is 0 Å². The lowest BCUT2D eigenvalue weighted by Crippen LogP contribution is -2.58. The number of nitrogens with one attached hydrogen (secondary N) is 1. The number of carbonyl (C=O) groups excluding carboxylic acids is 1. The largest absolute Gasteiger partial charge is 0.373 e. The molecule has 1 aromatic heterocycles. The number of benzene rings is 1. The van der Waals surface area contributed by atoms with Crippen LogP contribution in [0.1, 0.15) is 65.5 Å². The predicted octanol–water partition coefficient (Wildman–Crippen LogP) is 3.86. The molecule has 0 unspecified atom stereocenters. The first-order valence-electron chi connectivity index (χ1n) is 11.9. The maximum absolute atomic E-state index is 12.8. The van der Waals surface area contributed by atoms with E-state index in [4.69, 9.17) is 4.74 Å². The van der Waals surface area contributed by atoms with Crippen LogP contribution < -0.4 is 11.0 Å². The third kappa shape index (κ3) is 2.73. The van der Waals surface area contributed by atoms with Crippen molar-refractivity contribution in [1.82, 2.24) is 14.5 Å². The molecule has 1 N–H and O–H groups in total. The minimum Gasteiger partial charge on any atom is -0.373 e. The molecule has 3 fully saturated rings. The fraction of sp³-hybridized carbons (Fsp3) is 0.680. The molecule has 2 aromatic rings. The lowest BCUT2D eigenvalue weighted by molar-refractivity contribution is -0.135. The van der Waals surface area contributed by atoms with Gasteiger partial charge in [0.2, 0.25) is 5.91 Å². The molecule has 1 aromatic carbocycles. The Bertz CT molecular complexity index is 1100. The van der Waals surface area contributed by atoms with Gasteiger partial charge in [-0.15, -0.1) is 0 Å². The second-order valence-corrected chi connectivity index (χ2v) is 10.5. The zero-order valence-electron chi connectivity index (χ0n) is 19.4.